The van der Waals surface area contributed by atoms with Crippen LogP contribution in [0.4, 0.5) is 5.69 Å². The van der Waals surface area contributed by atoms with Gasteiger partial charge in [0.15, 0.2) is 0 Å². The number of hydrogen-bond acceptors (Lipinski definition) is 4. The van der Waals surface area contributed by atoms with E-state index in [0.717, 1.165) is 6.42 Å². The minimum absolute atomic E-state index is 0.137. The van der Waals surface area contributed by atoms with Gasteiger partial charge in [-0.15, -0.1) is 0 Å². The minimum Gasteiger partial charge on any atom is -0.491 e. The van der Waals surface area contributed by atoms with Crippen LogP contribution in [-0.4, -0.2) is 31.0 Å². The fraction of sp³-hybridized carbons (Fsp3) is 0.467. The van der Waals surface area contributed by atoms with Gasteiger partial charge in [-0.1, -0.05) is 19.1 Å². The Labute approximate surface area is 125 Å². The van der Waals surface area contributed by atoms with Crippen molar-refractivity contribution in [3.63, 3.8) is 0 Å². The Bertz CT molecular complexity index is 477. The molecule has 6 heteroatoms. The Morgan fingerprint density at radius 1 is 1.33 bits per heavy atom. The zero-order valence-corrected chi connectivity index (χ0v) is 12.5. The average Bonchev–Trinajstić information content (AvgIpc) is 2.46. The highest BCUT2D eigenvalue weighted by Crippen LogP contribution is 2.23. The van der Waals surface area contributed by atoms with Crippen molar-refractivity contribution in [3.8, 4) is 5.75 Å². The maximum atomic E-state index is 11.9. The van der Waals surface area contributed by atoms with E-state index in [4.69, 9.17) is 10.5 Å². The summed E-state index contributed by atoms with van der Waals surface area (Å²) < 4.78 is 5.46. The van der Waals surface area contributed by atoms with E-state index in [1.165, 1.54) is 0 Å². The summed E-state index contributed by atoms with van der Waals surface area (Å²) in [5, 5.41) is 5.90. The van der Waals surface area contributed by atoms with Gasteiger partial charge in [-0.25, -0.2) is 0 Å². The van der Waals surface area contributed by atoms with Crippen LogP contribution >= 0.6 is 0 Å². The van der Waals surface area contributed by atoms with Gasteiger partial charge in [0.25, 0.3) is 0 Å². The first kappa shape index (κ1) is 17.0. The summed E-state index contributed by atoms with van der Waals surface area (Å²) >= 11 is 0. The molecule has 1 aromatic carbocycles. The number of amides is 2. The number of hydrogen-bond donors (Lipinski definition) is 3. The van der Waals surface area contributed by atoms with Gasteiger partial charge < -0.3 is 21.1 Å². The highest BCUT2D eigenvalue weighted by Gasteiger charge is 2.08. The van der Waals surface area contributed by atoms with Gasteiger partial charge in [-0.3, -0.25) is 9.59 Å². The van der Waals surface area contributed by atoms with Crippen molar-refractivity contribution >= 4 is 17.5 Å². The number of carbonyl (C=O) groups excluding carboxylic acids is 2. The standard InChI is InChI=1S/C15H23N3O3/c1-3-11(2)17-10-15(20)18-12-6-4-5-7-13(12)21-9-8-14(16)19/h4-7,11,17H,3,8-10H2,1-2H3,(H2,16,19)(H,18,20). The lowest BCUT2D eigenvalue weighted by Gasteiger charge is -2.14. The summed E-state index contributed by atoms with van der Waals surface area (Å²) in [5.74, 6) is -0.0360. The van der Waals surface area contributed by atoms with Crippen molar-refractivity contribution in [1.29, 1.82) is 0 Å². The quantitative estimate of drug-likeness (QED) is 0.639. The Morgan fingerprint density at radius 2 is 2.05 bits per heavy atom. The molecule has 1 aromatic rings. The van der Waals surface area contributed by atoms with Gasteiger partial charge in [0.05, 0.1) is 25.3 Å². The van der Waals surface area contributed by atoms with Crippen molar-refractivity contribution in [2.45, 2.75) is 32.7 Å². The van der Waals surface area contributed by atoms with Crippen LogP contribution in [0.15, 0.2) is 24.3 Å². The zero-order chi connectivity index (χ0) is 15.7. The van der Waals surface area contributed by atoms with E-state index in [-0.39, 0.29) is 31.5 Å². The number of rotatable bonds is 9. The fourth-order valence-corrected chi connectivity index (χ4v) is 1.56. The van der Waals surface area contributed by atoms with Gasteiger partial charge in [-0.05, 0) is 25.5 Å². The lowest BCUT2D eigenvalue weighted by atomic mass is 10.2. The highest BCUT2D eigenvalue weighted by atomic mass is 16.5. The number of benzene rings is 1. The first-order valence-electron chi connectivity index (χ1n) is 7.06. The maximum absolute atomic E-state index is 11.9. The molecule has 0 heterocycles. The Kier molecular flexibility index (Phi) is 7.25. The molecule has 0 saturated heterocycles. The van der Waals surface area contributed by atoms with Gasteiger partial charge in [0, 0.05) is 6.04 Å². The van der Waals surface area contributed by atoms with Crippen molar-refractivity contribution < 1.29 is 14.3 Å². The molecule has 0 aliphatic rings. The maximum Gasteiger partial charge on any atom is 0.238 e. The number of primary amides is 1. The molecule has 0 bridgehead atoms. The van der Waals surface area contributed by atoms with E-state index in [1.807, 2.05) is 6.92 Å². The monoisotopic (exact) mass is 293 g/mol. The molecule has 2 amide bonds. The van der Waals surface area contributed by atoms with Gasteiger partial charge in [0.2, 0.25) is 11.8 Å². The molecule has 1 unspecified atom stereocenters. The molecule has 4 N–H and O–H groups in total. The number of anilines is 1. The summed E-state index contributed by atoms with van der Waals surface area (Å²) in [6.07, 6.45) is 1.10. The molecule has 0 saturated carbocycles. The number of para-hydroxylation sites is 2. The summed E-state index contributed by atoms with van der Waals surface area (Å²) in [4.78, 5) is 22.6. The molecule has 116 valence electrons. The normalized spacial score (nSPS) is 11.7. The van der Waals surface area contributed by atoms with Crippen LogP contribution in [0.5, 0.6) is 5.75 Å². The predicted octanol–water partition coefficient (Wildman–Crippen LogP) is 1.27. The van der Waals surface area contributed by atoms with E-state index < -0.39 is 5.91 Å². The molecule has 0 aromatic heterocycles. The third-order valence-electron chi connectivity index (χ3n) is 2.99. The third-order valence-corrected chi connectivity index (χ3v) is 2.99. The Hall–Kier alpha value is -2.08. The molecule has 1 atom stereocenters. The molecule has 21 heavy (non-hydrogen) atoms. The summed E-state index contributed by atoms with van der Waals surface area (Å²) in [6.45, 7) is 4.50. The fourth-order valence-electron chi connectivity index (χ4n) is 1.56. The van der Waals surface area contributed by atoms with Crippen molar-refractivity contribution in [3.05, 3.63) is 24.3 Å². The van der Waals surface area contributed by atoms with Crippen LogP contribution in [0.3, 0.4) is 0 Å². The van der Waals surface area contributed by atoms with E-state index >= 15 is 0 Å². The predicted molar refractivity (Wildman–Crippen MR) is 82.1 cm³/mol. The van der Waals surface area contributed by atoms with Crippen molar-refractivity contribution in [2.24, 2.45) is 5.73 Å². The largest absolute Gasteiger partial charge is 0.491 e. The van der Waals surface area contributed by atoms with Gasteiger partial charge >= 0.3 is 0 Å². The van der Waals surface area contributed by atoms with Crippen molar-refractivity contribution in [2.75, 3.05) is 18.5 Å². The first-order chi connectivity index (χ1) is 10.0. The highest BCUT2D eigenvalue weighted by molar-refractivity contribution is 5.93. The Morgan fingerprint density at radius 3 is 2.71 bits per heavy atom. The van der Waals surface area contributed by atoms with E-state index in [0.29, 0.717) is 11.4 Å². The summed E-state index contributed by atoms with van der Waals surface area (Å²) in [5.41, 5.74) is 5.64. The van der Waals surface area contributed by atoms with E-state index in [1.54, 1.807) is 24.3 Å². The second kappa shape index (κ2) is 8.97. The van der Waals surface area contributed by atoms with Gasteiger partial charge in [-0.2, -0.15) is 0 Å². The minimum atomic E-state index is -0.422. The average molecular weight is 293 g/mol. The van der Waals surface area contributed by atoms with Crippen LogP contribution in [0.2, 0.25) is 0 Å². The van der Waals surface area contributed by atoms with Crippen LogP contribution in [0.25, 0.3) is 0 Å². The molecular weight excluding hydrogens is 270 g/mol. The first-order valence-corrected chi connectivity index (χ1v) is 7.06. The molecule has 0 aliphatic heterocycles. The number of ether oxygens (including phenoxy) is 1. The van der Waals surface area contributed by atoms with Crippen LogP contribution in [0.1, 0.15) is 26.7 Å². The van der Waals surface area contributed by atoms with Crippen LogP contribution in [-0.2, 0) is 9.59 Å². The number of nitrogens with one attached hydrogen (secondary N) is 2. The van der Waals surface area contributed by atoms with Gasteiger partial charge in [0.1, 0.15) is 5.75 Å². The molecule has 0 aliphatic carbocycles. The topological polar surface area (TPSA) is 93.4 Å². The number of carbonyl (C=O) groups is 2. The number of nitrogens with two attached hydrogens (primary N) is 1. The lowest BCUT2D eigenvalue weighted by Crippen LogP contribution is -2.34. The molecular formula is C15H23N3O3. The van der Waals surface area contributed by atoms with E-state index in [9.17, 15) is 9.59 Å². The molecule has 0 radical (unpaired) electrons. The summed E-state index contributed by atoms with van der Waals surface area (Å²) in [7, 11) is 0. The smallest absolute Gasteiger partial charge is 0.238 e. The van der Waals surface area contributed by atoms with Crippen LogP contribution in [0, 0.1) is 0 Å². The third kappa shape index (κ3) is 6.76. The van der Waals surface area contributed by atoms with Crippen molar-refractivity contribution in [1.82, 2.24) is 5.32 Å². The zero-order valence-electron chi connectivity index (χ0n) is 12.5. The van der Waals surface area contributed by atoms with E-state index in [2.05, 4.69) is 17.6 Å². The second-order valence-electron chi connectivity index (χ2n) is 4.80. The SMILES string of the molecule is CCC(C)NCC(=O)Nc1ccccc1OCCC(N)=O. The Balaban J connectivity index is 2.53. The molecule has 6 nitrogen and oxygen atoms in total. The lowest BCUT2D eigenvalue weighted by molar-refractivity contribution is -0.118. The molecule has 0 fully saturated rings. The molecule has 1 rings (SSSR count). The summed E-state index contributed by atoms with van der Waals surface area (Å²) in [6, 6.07) is 7.38. The molecule has 0 spiro atoms. The second-order valence-corrected chi connectivity index (χ2v) is 4.80. The van der Waals surface area contributed by atoms with Crippen LogP contribution < -0.4 is 21.1 Å².